The Bertz CT molecular complexity index is 737. The maximum atomic E-state index is 12.2. The Morgan fingerprint density at radius 3 is 2.91 bits per heavy atom. The number of amides is 1. The van der Waals surface area contributed by atoms with Gasteiger partial charge in [0.1, 0.15) is 4.83 Å². The fraction of sp³-hybridized carbons (Fsp3) is 0.429. The van der Waals surface area contributed by atoms with Gasteiger partial charge in [-0.3, -0.25) is 19.0 Å². The SMILES string of the molecule is CN(CCCC(=O)O)C(=O)CCn1cnc2sccc2c1=O. The molecule has 118 valence electrons. The zero-order valence-electron chi connectivity index (χ0n) is 12.2. The van der Waals surface area contributed by atoms with E-state index in [0.29, 0.717) is 23.2 Å². The lowest BCUT2D eigenvalue weighted by molar-refractivity contribution is -0.138. The number of fused-ring (bicyclic) bond motifs is 1. The van der Waals surface area contributed by atoms with Crippen LogP contribution < -0.4 is 5.56 Å². The number of thiophene rings is 1. The van der Waals surface area contributed by atoms with Crippen LogP contribution in [0.15, 0.2) is 22.6 Å². The van der Waals surface area contributed by atoms with Crippen LogP contribution in [0, 0.1) is 0 Å². The van der Waals surface area contributed by atoms with Crippen LogP contribution in [0.25, 0.3) is 10.2 Å². The van der Waals surface area contributed by atoms with E-state index in [0.717, 1.165) is 0 Å². The topological polar surface area (TPSA) is 92.5 Å². The smallest absolute Gasteiger partial charge is 0.303 e. The van der Waals surface area contributed by atoms with Crippen molar-refractivity contribution in [2.45, 2.75) is 25.8 Å². The third-order valence-electron chi connectivity index (χ3n) is 3.33. The molecule has 2 aromatic heterocycles. The molecule has 1 amide bonds. The fourth-order valence-corrected chi connectivity index (χ4v) is 2.78. The second kappa shape index (κ2) is 7.17. The molecule has 8 heteroatoms. The van der Waals surface area contributed by atoms with E-state index < -0.39 is 5.97 Å². The van der Waals surface area contributed by atoms with Gasteiger partial charge in [0, 0.05) is 33.0 Å². The zero-order chi connectivity index (χ0) is 16.1. The number of hydrogen-bond acceptors (Lipinski definition) is 5. The maximum absolute atomic E-state index is 12.2. The van der Waals surface area contributed by atoms with Crippen molar-refractivity contribution >= 4 is 33.4 Å². The number of carboxylic acid groups (broad SMARTS) is 1. The molecule has 0 radical (unpaired) electrons. The second-order valence-electron chi connectivity index (χ2n) is 4.95. The van der Waals surface area contributed by atoms with Gasteiger partial charge in [-0.1, -0.05) is 0 Å². The van der Waals surface area contributed by atoms with Gasteiger partial charge in [-0.05, 0) is 17.9 Å². The third-order valence-corrected chi connectivity index (χ3v) is 4.15. The minimum absolute atomic E-state index is 0.0375. The van der Waals surface area contributed by atoms with Crippen LogP contribution in [0.1, 0.15) is 19.3 Å². The van der Waals surface area contributed by atoms with Crippen molar-refractivity contribution in [3.8, 4) is 0 Å². The first-order chi connectivity index (χ1) is 10.5. The van der Waals surface area contributed by atoms with Gasteiger partial charge in [0.15, 0.2) is 0 Å². The van der Waals surface area contributed by atoms with Gasteiger partial charge < -0.3 is 10.0 Å². The van der Waals surface area contributed by atoms with Crippen LogP contribution >= 0.6 is 11.3 Å². The molecule has 22 heavy (non-hydrogen) atoms. The van der Waals surface area contributed by atoms with E-state index in [1.54, 1.807) is 13.1 Å². The van der Waals surface area contributed by atoms with Crippen molar-refractivity contribution in [1.29, 1.82) is 0 Å². The molecule has 0 aliphatic rings. The summed E-state index contributed by atoms with van der Waals surface area (Å²) in [5, 5.41) is 10.9. The molecule has 0 unspecified atom stereocenters. The summed E-state index contributed by atoms with van der Waals surface area (Å²) >= 11 is 1.40. The van der Waals surface area contributed by atoms with E-state index >= 15 is 0 Å². The summed E-state index contributed by atoms with van der Waals surface area (Å²) in [6, 6.07) is 1.73. The molecule has 7 nitrogen and oxygen atoms in total. The predicted molar refractivity (Wildman–Crippen MR) is 83.0 cm³/mol. The van der Waals surface area contributed by atoms with Crippen LogP contribution in [0.3, 0.4) is 0 Å². The summed E-state index contributed by atoms with van der Waals surface area (Å²) in [5.74, 6) is -0.995. The summed E-state index contributed by atoms with van der Waals surface area (Å²) in [5.41, 5.74) is -0.146. The van der Waals surface area contributed by atoms with Gasteiger partial charge in [0.25, 0.3) is 5.56 Å². The molecule has 0 aliphatic heterocycles. The van der Waals surface area contributed by atoms with Crippen LogP contribution in [-0.2, 0) is 16.1 Å². The molecule has 2 heterocycles. The second-order valence-corrected chi connectivity index (χ2v) is 5.84. The lowest BCUT2D eigenvalue weighted by Crippen LogP contribution is -2.30. The van der Waals surface area contributed by atoms with Gasteiger partial charge in [0.05, 0.1) is 11.7 Å². The Hall–Kier alpha value is -2.22. The number of aromatic nitrogens is 2. The lowest BCUT2D eigenvalue weighted by atomic mass is 10.3. The Balaban J connectivity index is 1.90. The number of hydrogen-bond donors (Lipinski definition) is 1. The highest BCUT2D eigenvalue weighted by atomic mass is 32.1. The van der Waals surface area contributed by atoms with Crippen molar-refractivity contribution in [3.05, 3.63) is 28.1 Å². The molecule has 2 aromatic rings. The molecule has 0 aromatic carbocycles. The monoisotopic (exact) mass is 323 g/mol. The van der Waals surface area contributed by atoms with Gasteiger partial charge >= 0.3 is 5.97 Å². The Kier molecular flexibility index (Phi) is 5.26. The molecule has 0 fully saturated rings. The molecule has 0 atom stereocenters. The quantitative estimate of drug-likeness (QED) is 0.826. The summed E-state index contributed by atoms with van der Waals surface area (Å²) in [6.45, 7) is 0.654. The minimum atomic E-state index is -0.873. The van der Waals surface area contributed by atoms with E-state index in [1.165, 1.54) is 27.1 Å². The van der Waals surface area contributed by atoms with Gasteiger partial charge in [-0.2, -0.15) is 0 Å². The maximum Gasteiger partial charge on any atom is 0.303 e. The number of carbonyl (C=O) groups is 2. The first kappa shape index (κ1) is 16.2. The largest absolute Gasteiger partial charge is 0.481 e. The highest BCUT2D eigenvalue weighted by Crippen LogP contribution is 2.13. The normalized spacial score (nSPS) is 10.8. The number of aliphatic carboxylic acids is 1. The summed E-state index contributed by atoms with van der Waals surface area (Å²) in [4.78, 5) is 40.9. The first-order valence-corrected chi connectivity index (χ1v) is 7.75. The number of nitrogens with zero attached hydrogens (tertiary/aromatic N) is 3. The molecule has 0 saturated heterocycles. The van der Waals surface area contributed by atoms with Crippen LogP contribution in [-0.4, -0.2) is 45.0 Å². The Morgan fingerprint density at radius 1 is 1.41 bits per heavy atom. The van der Waals surface area contributed by atoms with Crippen LogP contribution in [0.2, 0.25) is 0 Å². The van der Waals surface area contributed by atoms with E-state index in [-0.39, 0.29) is 30.9 Å². The highest BCUT2D eigenvalue weighted by molar-refractivity contribution is 7.16. The van der Waals surface area contributed by atoms with E-state index in [2.05, 4.69) is 4.98 Å². The van der Waals surface area contributed by atoms with Crippen molar-refractivity contribution in [3.63, 3.8) is 0 Å². The minimum Gasteiger partial charge on any atom is -0.481 e. The molecule has 2 rings (SSSR count). The van der Waals surface area contributed by atoms with Gasteiger partial charge in [-0.25, -0.2) is 4.98 Å². The first-order valence-electron chi connectivity index (χ1n) is 6.87. The average Bonchev–Trinajstić information content (AvgIpc) is 2.95. The highest BCUT2D eigenvalue weighted by Gasteiger charge is 2.11. The average molecular weight is 323 g/mol. The molecule has 0 aliphatic carbocycles. The molecule has 0 saturated carbocycles. The van der Waals surface area contributed by atoms with E-state index in [1.807, 2.05) is 5.38 Å². The van der Waals surface area contributed by atoms with Crippen molar-refractivity contribution < 1.29 is 14.7 Å². The number of carbonyl (C=O) groups excluding carboxylic acids is 1. The number of carboxylic acids is 1. The zero-order valence-corrected chi connectivity index (χ0v) is 13.0. The van der Waals surface area contributed by atoms with Crippen molar-refractivity contribution in [2.75, 3.05) is 13.6 Å². The summed E-state index contributed by atoms with van der Waals surface area (Å²) in [7, 11) is 1.63. The Labute approximate surface area is 130 Å². The molecule has 0 bridgehead atoms. The van der Waals surface area contributed by atoms with Crippen molar-refractivity contribution in [1.82, 2.24) is 14.5 Å². The van der Waals surface area contributed by atoms with Gasteiger partial charge in [-0.15, -0.1) is 11.3 Å². The van der Waals surface area contributed by atoms with Crippen molar-refractivity contribution in [2.24, 2.45) is 0 Å². The number of rotatable bonds is 7. The van der Waals surface area contributed by atoms with Crippen LogP contribution in [0.4, 0.5) is 0 Å². The molecular weight excluding hydrogens is 306 g/mol. The summed E-state index contributed by atoms with van der Waals surface area (Å²) < 4.78 is 1.43. The molecule has 0 spiro atoms. The van der Waals surface area contributed by atoms with Gasteiger partial charge in [0.2, 0.25) is 5.91 Å². The summed E-state index contributed by atoms with van der Waals surface area (Å²) in [6.07, 6.45) is 2.09. The van der Waals surface area contributed by atoms with E-state index in [9.17, 15) is 14.4 Å². The van der Waals surface area contributed by atoms with E-state index in [4.69, 9.17) is 5.11 Å². The predicted octanol–water partition coefficient (Wildman–Crippen LogP) is 1.17. The number of aryl methyl sites for hydroxylation is 1. The fourth-order valence-electron chi connectivity index (χ4n) is 2.05. The Morgan fingerprint density at radius 2 is 2.18 bits per heavy atom. The third kappa shape index (κ3) is 3.91. The van der Waals surface area contributed by atoms with Crippen LogP contribution in [0.5, 0.6) is 0 Å². The lowest BCUT2D eigenvalue weighted by Gasteiger charge is -2.16. The standard InChI is InChI=1S/C14H17N3O4S/c1-16(6-2-3-12(19)20)11(18)4-7-17-9-15-13-10(14(17)21)5-8-22-13/h5,8-9H,2-4,6-7H2,1H3,(H,19,20). The molecule has 1 N–H and O–H groups in total. The molecular formula is C14H17N3O4S.